The first-order chi connectivity index (χ1) is 9.06. The van der Waals surface area contributed by atoms with Gasteiger partial charge in [-0.15, -0.1) is 0 Å². The number of nitrogens with one attached hydrogen (secondary N) is 2. The molecule has 1 fully saturated rings. The predicted octanol–water partition coefficient (Wildman–Crippen LogP) is 1.99. The number of halogens is 1. The van der Waals surface area contributed by atoms with Crippen LogP contribution in [0.25, 0.3) is 0 Å². The fourth-order valence-corrected chi connectivity index (χ4v) is 2.81. The first-order valence-electron chi connectivity index (χ1n) is 6.57. The van der Waals surface area contributed by atoms with E-state index < -0.39 is 0 Å². The minimum absolute atomic E-state index is 0.0401. The van der Waals surface area contributed by atoms with Gasteiger partial charge in [0.1, 0.15) is 0 Å². The topological polar surface area (TPSA) is 44.4 Å². The van der Waals surface area contributed by atoms with Crippen molar-refractivity contribution in [1.29, 1.82) is 0 Å². The van der Waals surface area contributed by atoms with E-state index in [9.17, 15) is 4.79 Å². The van der Waals surface area contributed by atoms with Crippen molar-refractivity contribution in [1.82, 2.24) is 10.2 Å². The SMILES string of the molecule is Cc1ccc(NC(=O)CN2CCNC[C@H]2C)c(Br)c1. The molecular formula is C14H20BrN3O. The van der Waals surface area contributed by atoms with Crippen molar-refractivity contribution in [2.24, 2.45) is 0 Å². The molecule has 0 unspecified atom stereocenters. The van der Waals surface area contributed by atoms with E-state index in [0.29, 0.717) is 12.6 Å². The van der Waals surface area contributed by atoms with Crippen molar-refractivity contribution >= 4 is 27.5 Å². The van der Waals surface area contributed by atoms with Gasteiger partial charge in [-0.2, -0.15) is 0 Å². The lowest BCUT2D eigenvalue weighted by Crippen LogP contribution is -2.52. The minimum Gasteiger partial charge on any atom is -0.324 e. The lowest BCUT2D eigenvalue weighted by Gasteiger charge is -2.33. The molecule has 2 rings (SSSR count). The standard InChI is InChI=1S/C14H20BrN3O/c1-10-3-4-13(12(15)7-10)17-14(19)9-18-6-5-16-8-11(18)2/h3-4,7,11,16H,5-6,8-9H2,1-2H3,(H,17,19)/t11-/m1/s1. The highest BCUT2D eigenvalue weighted by Crippen LogP contribution is 2.23. The Morgan fingerprint density at radius 2 is 2.37 bits per heavy atom. The average molecular weight is 326 g/mol. The summed E-state index contributed by atoms with van der Waals surface area (Å²) in [7, 11) is 0. The molecule has 0 aliphatic carbocycles. The van der Waals surface area contributed by atoms with Gasteiger partial charge < -0.3 is 10.6 Å². The van der Waals surface area contributed by atoms with E-state index in [1.54, 1.807) is 0 Å². The predicted molar refractivity (Wildman–Crippen MR) is 81.4 cm³/mol. The first-order valence-corrected chi connectivity index (χ1v) is 7.36. The molecule has 1 heterocycles. The molecule has 0 saturated carbocycles. The monoisotopic (exact) mass is 325 g/mol. The Labute approximate surface area is 122 Å². The number of nitrogens with zero attached hydrogens (tertiary/aromatic N) is 1. The lowest BCUT2D eigenvalue weighted by molar-refractivity contribution is -0.118. The van der Waals surface area contributed by atoms with Crippen LogP contribution in [0.3, 0.4) is 0 Å². The molecule has 2 N–H and O–H groups in total. The van der Waals surface area contributed by atoms with Crippen molar-refractivity contribution in [3.63, 3.8) is 0 Å². The third-order valence-electron chi connectivity index (χ3n) is 3.38. The maximum atomic E-state index is 12.1. The van der Waals surface area contributed by atoms with Crippen LogP contribution in [0, 0.1) is 6.92 Å². The van der Waals surface area contributed by atoms with Crippen LogP contribution < -0.4 is 10.6 Å². The van der Waals surface area contributed by atoms with E-state index in [-0.39, 0.29) is 5.91 Å². The van der Waals surface area contributed by atoms with Gasteiger partial charge in [0.15, 0.2) is 0 Å². The third-order valence-corrected chi connectivity index (χ3v) is 4.04. The van der Waals surface area contributed by atoms with Crippen molar-refractivity contribution in [3.05, 3.63) is 28.2 Å². The molecule has 1 aromatic rings. The average Bonchev–Trinajstić information content (AvgIpc) is 2.36. The molecule has 4 nitrogen and oxygen atoms in total. The number of benzene rings is 1. The fraction of sp³-hybridized carbons (Fsp3) is 0.500. The molecule has 0 radical (unpaired) electrons. The largest absolute Gasteiger partial charge is 0.324 e. The van der Waals surface area contributed by atoms with Crippen LogP contribution in [0.2, 0.25) is 0 Å². The van der Waals surface area contributed by atoms with Gasteiger partial charge in [-0.1, -0.05) is 6.07 Å². The number of aryl methyl sites for hydroxylation is 1. The van der Waals surface area contributed by atoms with Crippen molar-refractivity contribution < 1.29 is 4.79 Å². The molecule has 1 aliphatic heterocycles. The Kier molecular flexibility index (Phi) is 4.96. The zero-order valence-electron chi connectivity index (χ0n) is 11.4. The minimum atomic E-state index is 0.0401. The van der Waals surface area contributed by atoms with E-state index in [1.165, 1.54) is 5.56 Å². The van der Waals surface area contributed by atoms with Crippen LogP contribution in [-0.2, 0) is 4.79 Å². The Morgan fingerprint density at radius 3 is 3.05 bits per heavy atom. The summed E-state index contributed by atoms with van der Waals surface area (Å²) in [5.74, 6) is 0.0401. The summed E-state index contributed by atoms with van der Waals surface area (Å²) in [5, 5.41) is 6.28. The van der Waals surface area contributed by atoms with E-state index in [0.717, 1.165) is 29.8 Å². The van der Waals surface area contributed by atoms with E-state index in [1.807, 2.05) is 25.1 Å². The summed E-state index contributed by atoms with van der Waals surface area (Å²) < 4.78 is 0.925. The van der Waals surface area contributed by atoms with E-state index in [4.69, 9.17) is 0 Å². The molecule has 0 aromatic heterocycles. The molecule has 0 bridgehead atoms. The molecule has 104 valence electrons. The van der Waals surface area contributed by atoms with Crippen molar-refractivity contribution in [2.75, 3.05) is 31.5 Å². The maximum absolute atomic E-state index is 12.1. The Bertz CT molecular complexity index is 464. The number of hydrogen-bond donors (Lipinski definition) is 2. The number of rotatable bonds is 3. The summed E-state index contributed by atoms with van der Waals surface area (Å²) in [6.07, 6.45) is 0. The zero-order valence-corrected chi connectivity index (χ0v) is 13.0. The Morgan fingerprint density at radius 1 is 1.58 bits per heavy atom. The zero-order chi connectivity index (χ0) is 13.8. The van der Waals surface area contributed by atoms with Crippen molar-refractivity contribution in [3.8, 4) is 0 Å². The number of piperazine rings is 1. The van der Waals surface area contributed by atoms with Crippen LogP contribution >= 0.6 is 15.9 Å². The second-order valence-corrected chi connectivity index (χ2v) is 5.91. The quantitative estimate of drug-likeness (QED) is 0.893. The highest BCUT2D eigenvalue weighted by molar-refractivity contribution is 9.10. The number of hydrogen-bond acceptors (Lipinski definition) is 3. The van der Waals surface area contributed by atoms with Gasteiger partial charge in [0.2, 0.25) is 5.91 Å². The number of carbonyl (C=O) groups excluding carboxylic acids is 1. The molecular weight excluding hydrogens is 306 g/mol. The van der Waals surface area contributed by atoms with E-state index in [2.05, 4.69) is 38.4 Å². The molecule has 0 spiro atoms. The van der Waals surface area contributed by atoms with Gasteiger partial charge in [-0.05, 0) is 47.5 Å². The Hall–Kier alpha value is -0.910. The second-order valence-electron chi connectivity index (χ2n) is 5.06. The maximum Gasteiger partial charge on any atom is 0.238 e. The molecule has 1 aromatic carbocycles. The van der Waals surface area contributed by atoms with Gasteiger partial charge in [0, 0.05) is 30.1 Å². The molecule has 1 amide bonds. The molecule has 19 heavy (non-hydrogen) atoms. The summed E-state index contributed by atoms with van der Waals surface area (Å²) in [5.41, 5.74) is 2.00. The van der Waals surface area contributed by atoms with Gasteiger partial charge in [-0.25, -0.2) is 0 Å². The molecule has 5 heteroatoms. The van der Waals surface area contributed by atoms with Gasteiger partial charge >= 0.3 is 0 Å². The normalized spacial score (nSPS) is 20.3. The molecule has 1 saturated heterocycles. The van der Waals surface area contributed by atoms with Gasteiger partial charge in [0.05, 0.1) is 12.2 Å². The van der Waals surface area contributed by atoms with Crippen molar-refractivity contribution in [2.45, 2.75) is 19.9 Å². The number of anilines is 1. The van der Waals surface area contributed by atoms with Gasteiger partial charge in [-0.3, -0.25) is 9.69 Å². The highest BCUT2D eigenvalue weighted by Gasteiger charge is 2.20. The molecule has 1 aliphatic rings. The Balaban J connectivity index is 1.93. The summed E-state index contributed by atoms with van der Waals surface area (Å²) >= 11 is 3.47. The second kappa shape index (κ2) is 6.50. The molecule has 1 atom stereocenters. The first kappa shape index (κ1) is 14.5. The number of amides is 1. The summed E-state index contributed by atoms with van der Waals surface area (Å²) in [4.78, 5) is 14.3. The van der Waals surface area contributed by atoms with Crippen LogP contribution in [-0.4, -0.2) is 43.0 Å². The van der Waals surface area contributed by atoms with Crippen LogP contribution in [0.5, 0.6) is 0 Å². The van der Waals surface area contributed by atoms with Crippen LogP contribution in [0.1, 0.15) is 12.5 Å². The van der Waals surface area contributed by atoms with Crippen LogP contribution in [0.4, 0.5) is 5.69 Å². The number of carbonyl (C=O) groups is 1. The van der Waals surface area contributed by atoms with Crippen LogP contribution in [0.15, 0.2) is 22.7 Å². The lowest BCUT2D eigenvalue weighted by atomic mass is 10.2. The smallest absolute Gasteiger partial charge is 0.238 e. The fourth-order valence-electron chi connectivity index (χ4n) is 2.21. The summed E-state index contributed by atoms with van der Waals surface area (Å²) in [6, 6.07) is 6.33. The highest BCUT2D eigenvalue weighted by atomic mass is 79.9. The van der Waals surface area contributed by atoms with E-state index >= 15 is 0 Å². The van der Waals surface area contributed by atoms with Gasteiger partial charge in [0.25, 0.3) is 0 Å². The third kappa shape index (κ3) is 4.03. The summed E-state index contributed by atoms with van der Waals surface area (Å²) in [6.45, 7) is 7.43.